The Morgan fingerprint density at radius 2 is 2.50 bits per heavy atom. The predicted molar refractivity (Wildman–Crippen MR) is 63.8 cm³/mol. The first-order valence-electron chi connectivity index (χ1n) is 5.85. The van der Waals surface area contributed by atoms with Gasteiger partial charge in [0, 0.05) is 32.9 Å². The Morgan fingerprint density at radius 1 is 1.67 bits per heavy atom. The molecule has 1 aliphatic rings. The number of amides is 1. The van der Waals surface area contributed by atoms with Gasteiger partial charge in [0.2, 0.25) is 0 Å². The Hall–Kier alpha value is -1.53. The third-order valence-electron chi connectivity index (χ3n) is 2.78. The second-order valence-electron chi connectivity index (χ2n) is 4.27. The van der Waals surface area contributed by atoms with Gasteiger partial charge >= 0.3 is 0 Å². The van der Waals surface area contributed by atoms with Crippen LogP contribution < -0.4 is 5.32 Å². The maximum absolute atomic E-state index is 13.0. The number of halogens is 1. The molecule has 0 radical (unpaired) electrons. The summed E-state index contributed by atoms with van der Waals surface area (Å²) in [5, 5.41) is 3.19. The lowest BCUT2D eigenvalue weighted by molar-refractivity contribution is 0.0103. The molecule has 1 aromatic heterocycles. The van der Waals surface area contributed by atoms with Crippen molar-refractivity contribution in [1.82, 2.24) is 15.2 Å². The van der Waals surface area contributed by atoms with E-state index in [1.54, 1.807) is 7.05 Å². The molecule has 5 nitrogen and oxygen atoms in total. The minimum Gasteiger partial charge on any atom is -0.374 e. The molecule has 1 atom stereocenters. The number of morpholine rings is 1. The fourth-order valence-electron chi connectivity index (χ4n) is 1.87. The van der Waals surface area contributed by atoms with E-state index in [0.717, 1.165) is 19.3 Å². The molecule has 1 amide bonds. The van der Waals surface area contributed by atoms with Gasteiger partial charge in [-0.15, -0.1) is 0 Å². The van der Waals surface area contributed by atoms with Crippen molar-refractivity contribution in [2.24, 2.45) is 0 Å². The zero-order valence-corrected chi connectivity index (χ0v) is 10.2. The van der Waals surface area contributed by atoms with Crippen molar-refractivity contribution >= 4 is 5.91 Å². The molecule has 0 saturated carbocycles. The van der Waals surface area contributed by atoms with Crippen molar-refractivity contribution in [1.29, 1.82) is 0 Å². The Bertz CT molecular complexity index is 422. The van der Waals surface area contributed by atoms with Gasteiger partial charge in [0.15, 0.2) is 0 Å². The predicted octanol–water partition coefficient (Wildman–Crippen LogP) is 0.281. The third kappa shape index (κ3) is 3.24. The molecule has 98 valence electrons. The summed E-state index contributed by atoms with van der Waals surface area (Å²) >= 11 is 0. The molecule has 0 aromatic carbocycles. The van der Waals surface area contributed by atoms with Crippen molar-refractivity contribution in [3.8, 4) is 0 Å². The van der Waals surface area contributed by atoms with Crippen molar-refractivity contribution in [3.63, 3.8) is 0 Å². The van der Waals surface area contributed by atoms with E-state index in [-0.39, 0.29) is 17.6 Å². The molecule has 1 unspecified atom stereocenters. The SMILES string of the molecule is CN(CC1CNCCO1)C(=O)c1cncc(F)c1. The van der Waals surface area contributed by atoms with Crippen LogP contribution in [0.5, 0.6) is 0 Å². The highest BCUT2D eigenvalue weighted by Gasteiger charge is 2.19. The average molecular weight is 253 g/mol. The molecule has 18 heavy (non-hydrogen) atoms. The van der Waals surface area contributed by atoms with Gasteiger partial charge in [-0.3, -0.25) is 9.78 Å². The van der Waals surface area contributed by atoms with Crippen molar-refractivity contribution < 1.29 is 13.9 Å². The van der Waals surface area contributed by atoms with E-state index in [4.69, 9.17) is 4.74 Å². The van der Waals surface area contributed by atoms with Crippen LogP contribution in [0, 0.1) is 5.82 Å². The Labute approximate surface area is 105 Å². The number of carbonyl (C=O) groups excluding carboxylic acids is 1. The van der Waals surface area contributed by atoms with E-state index in [9.17, 15) is 9.18 Å². The number of hydrogen-bond acceptors (Lipinski definition) is 4. The minimum absolute atomic E-state index is 0.0192. The van der Waals surface area contributed by atoms with Gasteiger partial charge < -0.3 is 15.0 Å². The highest BCUT2D eigenvalue weighted by molar-refractivity contribution is 5.93. The smallest absolute Gasteiger partial charge is 0.255 e. The topological polar surface area (TPSA) is 54.5 Å². The molecule has 0 spiro atoms. The maximum Gasteiger partial charge on any atom is 0.255 e. The van der Waals surface area contributed by atoms with Crippen LogP contribution in [0.1, 0.15) is 10.4 Å². The summed E-state index contributed by atoms with van der Waals surface area (Å²) < 4.78 is 18.5. The normalized spacial score (nSPS) is 19.6. The third-order valence-corrected chi connectivity index (χ3v) is 2.78. The molecule has 0 bridgehead atoms. The van der Waals surface area contributed by atoms with E-state index in [0.29, 0.717) is 13.2 Å². The summed E-state index contributed by atoms with van der Waals surface area (Å²) in [7, 11) is 1.67. The molecule has 0 aliphatic carbocycles. The fraction of sp³-hybridized carbons (Fsp3) is 0.500. The van der Waals surface area contributed by atoms with Crippen molar-refractivity contribution in [2.75, 3.05) is 33.3 Å². The van der Waals surface area contributed by atoms with E-state index in [2.05, 4.69) is 10.3 Å². The summed E-state index contributed by atoms with van der Waals surface area (Å²) in [6.07, 6.45) is 2.42. The first kappa shape index (κ1) is 12.9. The van der Waals surface area contributed by atoms with Crippen LogP contribution >= 0.6 is 0 Å². The van der Waals surface area contributed by atoms with Crippen LogP contribution in [-0.4, -0.2) is 55.2 Å². The number of hydrogen-bond donors (Lipinski definition) is 1. The van der Waals surface area contributed by atoms with Gasteiger partial charge in [-0.25, -0.2) is 4.39 Å². The molecule has 1 aromatic rings. The largest absolute Gasteiger partial charge is 0.374 e. The van der Waals surface area contributed by atoms with Crippen LogP contribution in [0.15, 0.2) is 18.5 Å². The second kappa shape index (κ2) is 5.88. The average Bonchev–Trinajstić information content (AvgIpc) is 2.39. The van der Waals surface area contributed by atoms with Gasteiger partial charge in [0.05, 0.1) is 24.5 Å². The van der Waals surface area contributed by atoms with Crippen LogP contribution in [0.4, 0.5) is 4.39 Å². The lowest BCUT2D eigenvalue weighted by Gasteiger charge is -2.28. The van der Waals surface area contributed by atoms with E-state index >= 15 is 0 Å². The summed E-state index contributed by atoms with van der Waals surface area (Å²) in [5.74, 6) is -0.763. The highest BCUT2D eigenvalue weighted by Crippen LogP contribution is 2.06. The number of likely N-dealkylation sites (N-methyl/N-ethyl adjacent to an activating group) is 1. The standard InChI is InChI=1S/C12H16FN3O2/c1-16(8-11-7-14-2-3-18-11)12(17)9-4-10(13)6-15-5-9/h4-6,11,14H,2-3,7-8H2,1H3. The number of carbonyl (C=O) groups is 1. The van der Waals surface area contributed by atoms with Crippen LogP contribution in [0.25, 0.3) is 0 Å². The Balaban J connectivity index is 1.95. The van der Waals surface area contributed by atoms with Crippen LogP contribution in [0.2, 0.25) is 0 Å². The molecule has 1 aliphatic heterocycles. The lowest BCUT2D eigenvalue weighted by atomic mass is 10.2. The van der Waals surface area contributed by atoms with Gasteiger partial charge in [-0.2, -0.15) is 0 Å². The summed E-state index contributed by atoms with van der Waals surface area (Å²) in [4.78, 5) is 17.2. The summed E-state index contributed by atoms with van der Waals surface area (Å²) in [5.41, 5.74) is 0.251. The second-order valence-corrected chi connectivity index (χ2v) is 4.27. The quantitative estimate of drug-likeness (QED) is 0.840. The molecule has 2 heterocycles. The van der Waals surface area contributed by atoms with E-state index in [1.807, 2.05) is 0 Å². The van der Waals surface area contributed by atoms with E-state index < -0.39 is 5.82 Å². The lowest BCUT2D eigenvalue weighted by Crippen LogP contribution is -2.45. The van der Waals surface area contributed by atoms with Crippen molar-refractivity contribution in [2.45, 2.75) is 6.10 Å². The number of pyridine rings is 1. The monoisotopic (exact) mass is 253 g/mol. The molecular weight excluding hydrogens is 237 g/mol. The first-order chi connectivity index (χ1) is 8.66. The molecule has 1 saturated heterocycles. The van der Waals surface area contributed by atoms with E-state index in [1.165, 1.54) is 17.2 Å². The number of nitrogens with zero attached hydrogens (tertiary/aromatic N) is 2. The fourth-order valence-corrected chi connectivity index (χ4v) is 1.87. The first-order valence-corrected chi connectivity index (χ1v) is 5.85. The minimum atomic E-state index is -0.509. The number of nitrogens with one attached hydrogen (secondary N) is 1. The maximum atomic E-state index is 13.0. The van der Waals surface area contributed by atoms with Crippen molar-refractivity contribution in [3.05, 3.63) is 29.8 Å². The van der Waals surface area contributed by atoms with Crippen LogP contribution in [0.3, 0.4) is 0 Å². The van der Waals surface area contributed by atoms with Gasteiger partial charge in [-0.1, -0.05) is 0 Å². The van der Waals surface area contributed by atoms with Crippen LogP contribution in [-0.2, 0) is 4.74 Å². The Kier molecular flexibility index (Phi) is 4.22. The zero-order chi connectivity index (χ0) is 13.0. The number of aromatic nitrogens is 1. The molecule has 1 fully saturated rings. The molecule has 6 heteroatoms. The number of rotatable bonds is 3. The van der Waals surface area contributed by atoms with Gasteiger partial charge in [0.1, 0.15) is 5.82 Å². The molecule has 2 rings (SSSR count). The number of ether oxygens (including phenoxy) is 1. The van der Waals surface area contributed by atoms with Gasteiger partial charge in [-0.05, 0) is 6.07 Å². The molecule has 1 N–H and O–H groups in total. The molecular formula is C12H16FN3O2. The summed E-state index contributed by atoms with van der Waals surface area (Å²) in [6.45, 7) is 2.68. The van der Waals surface area contributed by atoms with Gasteiger partial charge in [0.25, 0.3) is 5.91 Å². The highest BCUT2D eigenvalue weighted by atomic mass is 19.1. The Morgan fingerprint density at radius 3 is 3.17 bits per heavy atom. The summed E-state index contributed by atoms with van der Waals surface area (Å²) in [6, 6.07) is 1.19. The zero-order valence-electron chi connectivity index (χ0n) is 10.2.